The fraction of sp³-hybridized carbons (Fsp3) is 0.444. The molecule has 90 valence electrons. The van der Waals surface area contributed by atoms with Crippen molar-refractivity contribution in [3.8, 4) is 0 Å². The van der Waals surface area contributed by atoms with Gasteiger partial charge in [-0.3, -0.25) is 0 Å². The second-order valence-corrected chi connectivity index (χ2v) is 4.43. The summed E-state index contributed by atoms with van der Waals surface area (Å²) in [6.45, 7) is 0.508. The maximum Gasteiger partial charge on any atom is 0.422 e. The van der Waals surface area contributed by atoms with Crippen LogP contribution in [-0.2, 0) is 11.3 Å². The van der Waals surface area contributed by atoms with E-state index in [4.69, 9.17) is 0 Å². The van der Waals surface area contributed by atoms with Crippen molar-refractivity contribution >= 4 is 17.4 Å². The zero-order valence-electron chi connectivity index (χ0n) is 8.43. The van der Waals surface area contributed by atoms with E-state index in [1.807, 2.05) is 13.0 Å². The van der Waals surface area contributed by atoms with Crippen molar-refractivity contribution in [2.24, 2.45) is 0 Å². The van der Waals surface area contributed by atoms with Crippen LogP contribution in [0.5, 0.6) is 0 Å². The molecular formula is C9H10F3NO2S. The van der Waals surface area contributed by atoms with Crippen molar-refractivity contribution in [2.75, 3.05) is 6.61 Å². The average Bonchev–Trinajstić information content (AvgIpc) is 2.57. The number of carbonyl (C=O) groups is 1. The zero-order valence-corrected chi connectivity index (χ0v) is 9.24. The average molecular weight is 253 g/mol. The number of aryl methyl sites for hydroxylation is 1. The predicted octanol–water partition coefficient (Wildman–Crippen LogP) is 2.85. The highest BCUT2D eigenvalue weighted by Gasteiger charge is 2.29. The molecule has 0 saturated carbocycles. The molecule has 1 N–H and O–H groups in total. The highest BCUT2D eigenvalue weighted by molar-refractivity contribution is 7.11. The summed E-state index contributed by atoms with van der Waals surface area (Å²) in [5.41, 5.74) is 0. The first-order valence-corrected chi connectivity index (χ1v) is 5.21. The summed E-state index contributed by atoms with van der Waals surface area (Å²) >= 11 is 1.46. The van der Waals surface area contributed by atoms with E-state index < -0.39 is 18.9 Å². The summed E-state index contributed by atoms with van der Waals surface area (Å²) in [5, 5.41) is 2.23. The topological polar surface area (TPSA) is 38.3 Å². The summed E-state index contributed by atoms with van der Waals surface area (Å²) in [5.74, 6) is 0. The number of nitrogens with one attached hydrogen (secondary N) is 1. The van der Waals surface area contributed by atoms with Gasteiger partial charge in [0.15, 0.2) is 6.61 Å². The first kappa shape index (κ1) is 12.8. The lowest BCUT2D eigenvalue weighted by Crippen LogP contribution is -2.28. The van der Waals surface area contributed by atoms with Crippen LogP contribution in [0, 0.1) is 6.92 Å². The smallest absolute Gasteiger partial charge is 0.422 e. The summed E-state index contributed by atoms with van der Waals surface area (Å²) in [6, 6.07) is 3.66. The Morgan fingerprint density at radius 2 is 2.19 bits per heavy atom. The van der Waals surface area contributed by atoms with E-state index in [2.05, 4.69) is 10.1 Å². The van der Waals surface area contributed by atoms with Crippen LogP contribution in [0.3, 0.4) is 0 Å². The third kappa shape index (κ3) is 5.01. The molecule has 1 rings (SSSR count). The standard InChI is InChI=1S/C9H10F3NO2S/c1-6-2-3-7(16-6)4-13-8(14)15-5-9(10,11)12/h2-3H,4-5H2,1H3,(H,13,14). The van der Waals surface area contributed by atoms with Crippen LogP contribution in [0.4, 0.5) is 18.0 Å². The maximum atomic E-state index is 11.7. The lowest BCUT2D eigenvalue weighted by atomic mass is 10.4. The second-order valence-electron chi connectivity index (χ2n) is 3.06. The van der Waals surface area contributed by atoms with Crippen LogP contribution in [0.15, 0.2) is 12.1 Å². The van der Waals surface area contributed by atoms with Crippen LogP contribution in [0.2, 0.25) is 0 Å². The molecule has 0 spiro atoms. The Morgan fingerprint density at radius 3 is 2.69 bits per heavy atom. The Morgan fingerprint density at radius 1 is 1.50 bits per heavy atom. The molecule has 0 radical (unpaired) electrons. The molecule has 1 aromatic heterocycles. The largest absolute Gasteiger partial charge is 0.440 e. The number of halogens is 3. The third-order valence-electron chi connectivity index (χ3n) is 1.57. The Balaban J connectivity index is 2.25. The number of alkyl carbamates (subject to hydrolysis) is 1. The number of alkyl halides is 3. The van der Waals surface area contributed by atoms with Crippen molar-refractivity contribution in [3.05, 3.63) is 21.9 Å². The molecule has 1 aromatic rings. The van der Waals surface area contributed by atoms with E-state index in [1.54, 1.807) is 6.07 Å². The van der Waals surface area contributed by atoms with Gasteiger partial charge in [-0.05, 0) is 19.1 Å². The van der Waals surface area contributed by atoms with E-state index in [9.17, 15) is 18.0 Å². The van der Waals surface area contributed by atoms with Crippen molar-refractivity contribution in [2.45, 2.75) is 19.6 Å². The van der Waals surface area contributed by atoms with Crippen LogP contribution < -0.4 is 5.32 Å². The number of ether oxygens (including phenoxy) is 1. The van der Waals surface area contributed by atoms with E-state index in [1.165, 1.54) is 11.3 Å². The molecular weight excluding hydrogens is 243 g/mol. The van der Waals surface area contributed by atoms with E-state index in [-0.39, 0.29) is 6.54 Å². The first-order valence-electron chi connectivity index (χ1n) is 4.39. The summed E-state index contributed by atoms with van der Waals surface area (Å²) < 4.78 is 39.0. The Bertz CT molecular complexity index is 362. The van der Waals surface area contributed by atoms with Crippen molar-refractivity contribution in [1.29, 1.82) is 0 Å². The van der Waals surface area contributed by atoms with Crippen molar-refractivity contribution in [1.82, 2.24) is 5.32 Å². The van der Waals surface area contributed by atoms with Gasteiger partial charge in [-0.15, -0.1) is 11.3 Å². The van der Waals surface area contributed by atoms with Gasteiger partial charge < -0.3 is 10.1 Å². The van der Waals surface area contributed by atoms with Gasteiger partial charge in [-0.1, -0.05) is 0 Å². The molecule has 3 nitrogen and oxygen atoms in total. The Labute approximate surface area is 94.2 Å². The molecule has 1 amide bonds. The first-order chi connectivity index (χ1) is 7.37. The molecule has 16 heavy (non-hydrogen) atoms. The molecule has 0 aliphatic heterocycles. The summed E-state index contributed by atoms with van der Waals surface area (Å²) in [7, 11) is 0. The SMILES string of the molecule is Cc1ccc(CNC(=O)OCC(F)(F)F)s1. The van der Waals surface area contributed by atoms with Crippen molar-refractivity contribution < 1.29 is 22.7 Å². The van der Waals surface area contributed by atoms with Crippen LogP contribution in [-0.4, -0.2) is 18.9 Å². The molecule has 0 unspecified atom stereocenters. The van der Waals surface area contributed by atoms with E-state index >= 15 is 0 Å². The molecule has 0 aliphatic carbocycles. The molecule has 0 atom stereocenters. The van der Waals surface area contributed by atoms with Gasteiger partial charge in [0.25, 0.3) is 0 Å². The van der Waals surface area contributed by atoms with Crippen LogP contribution in [0.25, 0.3) is 0 Å². The van der Waals surface area contributed by atoms with Gasteiger partial charge in [-0.25, -0.2) is 4.79 Å². The predicted molar refractivity (Wildman–Crippen MR) is 53.3 cm³/mol. The minimum atomic E-state index is -4.49. The highest BCUT2D eigenvalue weighted by atomic mass is 32.1. The monoisotopic (exact) mass is 253 g/mol. The molecule has 0 aromatic carbocycles. The third-order valence-corrected chi connectivity index (χ3v) is 2.57. The minimum absolute atomic E-state index is 0.176. The number of rotatable bonds is 3. The lowest BCUT2D eigenvalue weighted by molar-refractivity contribution is -0.160. The van der Waals surface area contributed by atoms with Gasteiger partial charge >= 0.3 is 12.3 Å². The number of amides is 1. The molecule has 0 saturated heterocycles. The fourth-order valence-corrected chi connectivity index (χ4v) is 1.77. The second kappa shape index (κ2) is 5.20. The molecule has 7 heteroatoms. The zero-order chi connectivity index (χ0) is 12.2. The summed E-state index contributed by atoms with van der Waals surface area (Å²) in [6.07, 6.45) is -5.56. The number of thiophene rings is 1. The van der Waals surface area contributed by atoms with Gasteiger partial charge in [-0.2, -0.15) is 13.2 Å². The van der Waals surface area contributed by atoms with Crippen LogP contribution in [0.1, 0.15) is 9.75 Å². The lowest BCUT2D eigenvalue weighted by Gasteiger charge is -2.08. The molecule has 1 heterocycles. The molecule has 0 aliphatic rings. The summed E-state index contributed by atoms with van der Waals surface area (Å²) in [4.78, 5) is 12.8. The highest BCUT2D eigenvalue weighted by Crippen LogP contribution is 2.15. The normalized spacial score (nSPS) is 11.2. The van der Waals surface area contributed by atoms with Crippen LogP contribution >= 0.6 is 11.3 Å². The number of hydrogen-bond acceptors (Lipinski definition) is 3. The van der Waals surface area contributed by atoms with Gasteiger partial charge in [0.1, 0.15) is 0 Å². The quantitative estimate of drug-likeness (QED) is 0.899. The van der Waals surface area contributed by atoms with Crippen molar-refractivity contribution in [3.63, 3.8) is 0 Å². The number of hydrogen-bond donors (Lipinski definition) is 1. The molecule has 0 bridgehead atoms. The van der Waals surface area contributed by atoms with Gasteiger partial charge in [0, 0.05) is 9.75 Å². The Hall–Kier alpha value is -1.24. The van der Waals surface area contributed by atoms with E-state index in [0.717, 1.165) is 9.75 Å². The van der Waals surface area contributed by atoms with Gasteiger partial charge in [0.05, 0.1) is 6.54 Å². The van der Waals surface area contributed by atoms with E-state index in [0.29, 0.717) is 0 Å². The van der Waals surface area contributed by atoms with Gasteiger partial charge in [0.2, 0.25) is 0 Å². The Kier molecular flexibility index (Phi) is 4.17. The maximum absolute atomic E-state index is 11.7. The fourth-order valence-electron chi connectivity index (χ4n) is 0.938. The molecule has 0 fully saturated rings. The minimum Gasteiger partial charge on any atom is -0.440 e. The number of carbonyl (C=O) groups excluding carboxylic acids is 1.